The lowest BCUT2D eigenvalue weighted by atomic mass is 9.33. The highest BCUT2D eigenvalue weighted by Crippen LogP contribution is 2.76. The number of piperidine rings is 1. The maximum atomic E-state index is 13.4. The standard InChI is InChI=1S/C42H65FN2O4/c1-37(2)30(29-10-8-28(27-43)9-11-29)14-17-38(3)33(37)15-18-40(5)34(38)13-12-31-32-7-6-16-42(32,20-19-39(31,40)4)44-23-26-45-24-21-41(22-25-45,35(46)47)36(48)49/h10,14,28,31-34,44H,6-9,11-13,15-27H2,1-5H3,(H,46,47)(H,48,49)/t28?,31?,32?,33?,34?,38?,39-,40?,42?/m1/s1. The molecule has 5 fully saturated rings. The van der Waals surface area contributed by atoms with Crippen molar-refractivity contribution in [2.45, 2.75) is 136 Å². The number of carboxylic acids is 2. The Bertz CT molecular complexity index is 1370. The van der Waals surface area contributed by atoms with Gasteiger partial charge in [0.05, 0.1) is 6.67 Å². The molecule has 0 aromatic heterocycles. The third kappa shape index (κ3) is 5.26. The lowest BCUT2D eigenvalue weighted by Gasteiger charge is -2.72. The fourth-order valence-corrected chi connectivity index (χ4v) is 14.4. The Morgan fingerprint density at radius 2 is 1.57 bits per heavy atom. The van der Waals surface area contributed by atoms with Crippen LogP contribution in [-0.4, -0.2) is 65.4 Å². The van der Waals surface area contributed by atoms with E-state index in [0.29, 0.717) is 41.2 Å². The number of nitrogens with zero attached hydrogens (tertiary/aromatic N) is 1. The molecule has 7 heteroatoms. The SMILES string of the molecule is CC1(C)C(C2=CCC(CF)CC2)=CCC2(C)C1CCC1(C)C2CCC2C3CCCC3(NCCN3CCC(C(=O)O)(C(=O)O)CC3)CC[C@]21C. The number of alkyl halides is 1. The molecular weight excluding hydrogens is 615 g/mol. The number of rotatable bonds is 8. The first-order chi connectivity index (χ1) is 23.2. The summed E-state index contributed by atoms with van der Waals surface area (Å²) < 4.78 is 13.4. The van der Waals surface area contributed by atoms with E-state index in [4.69, 9.17) is 0 Å². The molecule has 0 spiro atoms. The predicted molar refractivity (Wildman–Crippen MR) is 192 cm³/mol. The maximum Gasteiger partial charge on any atom is 0.321 e. The van der Waals surface area contributed by atoms with Crippen LogP contribution in [0.3, 0.4) is 0 Å². The minimum absolute atomic E-state index is 0.147. The minimum Gasteiger partial charge on any atom is -0.480 e. The van der Waals surface area contributed by atoms with E-state index in [2.05, 4.69) is 57.0 Å². The average Bonchev–Trinajstić information content (AvgIpc) is 3.49. The summed E-state index contributed by atoms with van der Waals surface area (Å²) in [6.45, 7) is 15.8. The molecular formula is C42H65FN2O4. The van der Waals surface area contributed by atoms with Crippen molar-refractivity contribution in [3.8, 4) is 0 Å². The molecule has 7 rings (SSSR count). The molecule has 0 bridgehead atoms. The summed E-state index contributed by atoms with van der Waals surface area (Å²) in [5, 5.41) is 23.4. The van der Waals surface area contributed by atoms with Gasteiger partial charge in [-0.1, -0.05) is 53.2 Å². The first-order valence-electron chi connectivity index (χ1n) is 20.1. The van der Waals surface area contributed by atoms with Gasteiger partial charge in [0.2, 0.25) is 0 Å². The second-order valence-corrected chi connectivity index (χ2v) is 19.4. The van der Waals surface area contributed by atoms with E-state index < -0.39 is 17.4 Å². The van der Waals surface area contributed by atoms with Gasteiger partial charge in [0, 0.05) is 18.6 Å². The summed E-state index contributed by atoms with van der Waals surface area (Å²) in [5.41, 5.74) is 2.82. The zero-order valence-electron chi connectivity index (χ0n) is 31.2. The topological polar surface area (TPSA) is 89.9 Å². The molecule has 7 aliphatic rings. The van der Waals surface area contributed by atoms with Crippen LogP contribution in [0.2, 0.25) is 0 Å². The summed E-state index contributed by atoms with van der Waals surface area (Å²) in [6, 6.07) is 0. The molecule has 0 radical (unpaired) electrons. The molecule has 6 nitrogen and oxygen atoms in total. The lowest BCUT2D eigenvalue weighted by Crippen LogP contribution is -2.67. The lowest BCUT2D eigenvalue weighted by molar-refractivity contribution is -0.218. The summed E-state index contributed by atoms with van der Waals surface area (Å²) in [6.07, 6.45) is 21.3. The Kier molecular flexibility index (Phi) is 9.06. The van der Waals surface area contributed by atoms with E-state index in [9.17, 15) is 24.2 Å². The molecule has 0 amide bonds. The number of carboxylic acid groups (broad SMARTS) is 2. The third-order valence-electron chi connectivity index (χ3n) is 17.5. The van der Waals surface area contributed by atoms with Crippen LogP contribution >= 0.6 is 0 Å². The van der Waals surface area contributed by atoms with Crippen LogP contribution in [0.15, 0.2) is 23.3 Å². The van der Waals surface area contributed by atoms with E-state index in [1.54, 1.807) is 5.57 Å². The van der Waals surface area contributed by atoms with Crippen LogP contribution in [0.4, 0.5) is 4.39 Å². The largest absolute Gasteiger partial charge is 0.480 e. The molecule has 1 saturated heterocycles. The molecule has 3 N–H and O–H groups in total. The Morgan fingerprint density at radius 3 is 2.22 bits per heavy atom. The molecule has 0 aromatic rings. The highest BCUT2D eigenvalue weighted by molar-refractivity contribution is 5.98. The number of fused-ring (bicyclic) bond motifs is 7. The van der Waals surface area contributed by atoms with E-state index in [1.165, 1.54) is 69.8 Å². The Balaban J connectivity index is 1.05. The van der Waals surface area contributed by atoms with Crippen LogP contribution in [0.5, 0.6) is 0 Å². The molecule has 6 aliphatic carbocycles. The van der Waals surface area contributed by atoms with Crippen LogP contribution in [0.1, 0.15) is 131 Å². The van der Waals surface area contributed by atoms with Crippen molar-refractivity contribution >= 4 is 11.9 Å². The number of nitrogens with one attached hydrogen (secondary N) is 1. The number of likely N-dealkylation sites (tertiary alicyclic amines) is 1. The van der Waals surface area contributed by atoms with Gasteiger partial charge < -0.3 is 20.4 Å². The van der Waals surface area contributed by atoms with Gasteiger partial charge in [-0.15, -0.1) is 0 Å². The van der Waals surface area contributed by atoms with Gasteiger partial charge in [0.1, 0.15) is 0 Å². The predicted octanol–water partition coefficient (Wildman–Crippen LogP) is 8.67. The highest BCUT2D eigenvalue weighted by atomic mass is 19.1. The van der Waals surface area contributed by atoms with Gasteiger partial charge in [-0.05, 0) is 165 Å². The van der Waals surface area contributed by atoms with Crippen LogP contribution in [0.25, 0.3) is 0 Å². The number of carbonyl (C=O) groups is 2. The first-order valence-corrected chi connectivity index (χ1v) is 20.1. The van der Waals surface area contributed by atoms with Crippen molar-refractivity contribution in [3.63, 3.8) is 0 Å². The molecule has 49 heavy (non-hydrogen) atoms. The van der Waals surface area contributed by atoms with Crippen molar-refractivity contribution in [3.05, 3.63) is 23.3 Å². The monoisotopic (exact) mass is 680 g/mol. The second kappa shape index (κ2) is 12.5. The normalized spacial score (nSPS) is 44.4. The van der Waals surface area contributed by atoms with Crippen molar-refractivity contribution in [2.24, 2.45) is 56.7 Å². The fraction of sp³-hybridized carbons (Fsp3) is 0.857. The van der Waals surface area contributed by atoms with Crippen LogP contribution in [0, 0.1) is 56.7 Å². The van der Waals surface area contributed by atoms with E-state index >= 15 is 0 Å². The first kappa shape index (κ1) is 35.7. The molecule has 274 valence electrons. The molecule has 9 atom stereocenters. The fourth-order valence-electron chi connectivity index (χ4n) is 14.4. The molecule has 4 saturated carbocycles. The van der Waals surface area contributed by atoms with Gasteiger partial charge in [0.25, 0.3) is 0 Å². The number of aliphatic carboxylic acids is 2. The quantitative estimate of drug-likeness (QED) is 0.222. The number of halogens is 1. The average molecular weight is 681 g/mol. The summed E-state index contributed by atoms with van der Waals surface area (Å²) in [7, 11) is 0. The minimum atomic E-state index is -1.63. The van der Waals surface area contributed by atoms with Gasteiger partial charge in [-0.2, -0.15) is 0 Å². The Morgan fingerprint density at radius 1 is 0.837 bits per heavy atom. The van der Waals surface area contributed by atoms with Crippen molar-refractivity contribution < 1.29 is 24.2 Å². The number of hydrogen-bond acceptors (Lipinski definition) is 4. The summed E-state index contributed by atoms with van der Waals surface area (Å²) >= 11 is 0. The second-order valence-electron chi connectivity index (χ2n) is 19.4. The Hall–Kier alpha value is -1.73. The summed E-state index contributed by atoms with van der Waals surface area (Å²) in [5.74, 6) is 0.703. The van der Waals surface area contributed by atoms with E-state index in [1.807, 2.05) is 0 Å². The number of hydrogen-bond donors (Lipinski definition) is 3. The van der Waals surface area contributed by atoms with Gasteiger partial charge in [-0.3, -0.25) is 14.0 Å². The number of allylic oxidation sites excluding steroid dienone is 4. The van der Waals surface area contributed by atoms with Crippen molar-refractivity contribution in [1.82, 2.24) is 10.2 Å². The van der Waals surface area contributed by atoms with Crippen molar-refractivity contribution in [1.29, 1.82) is 0 Å². The van der Waals surface area contributed by atoms with E-state index in [-0.39, 0.29) is 36.4 Å². The zero-order chi connectivity index (χ0) is 35.0. The van der Waals surface area contributed by atoms with E-state index in [0.717, 1.165) is 44.2 Å². The van der Waals surface area contributed by atoms with Crippen LogP contribution < -0.4 is 5.32 Å². The van der Waals surface area contributed by atoms with Gasteiger partial charge in [-0.25, -0.2) is 0 Å². The highest BCUT2D eigenvalue weighted by Gasteiger charge is 2.69. The van der Waals surface area contributed by atoms with Gasteiger partial charge in [0.15, 0.2) is 5.41 Å². The van der Waals surface area contributed by atoms with Crippen molar-refractivity contribution in [2.75, 3.05) is 32.9 Å². The maximum absolute atomic E-state index is 13.4. The molecule has 1 heterocycles. The molecule has 0 aromatic carbocycles. The third-order valence-corrected chi connectivity index (χ3v) is 17.5. The molecule has 8 unspecified atom stereocenters. The van der Waals surface area contributed by atoms with Gasteiger partial charge >= 0.3 is 11.9 Å². The van der Waals surface area contributed by atoms with Crippen LogP contribution in [-0.2, 0) is 9.59 Å². The zero-order valence-corrected chi connectivity index (χ0v) is 31.2. The smallest absolute Gasteiger partial charge is 0.321 e. The summed E-state index contributed by atoms with van der Waals surface area (Å²) in [4.78, 5) is 25.9. The molecule has 1 aliphatic heterocycles. The Labute approximate surface area is 295 Å².